The third-order valence-corrected chi connectivity index (χ3v) is 2.67. The van der Waals surface area contributed by atoms with Crippen molar-refractivity contribution in [1.29, 1.82) is 0 Å². The Balaban J connectivity index is 1.97. The quantitative estimate of drug-likeness (QED) is 0.752. The van der Waals surface area contributed by atoms with Gasteiger partial charge < -0.3 is 10.4 Å². The zero-order valence-electron chi connectivity index (χ0n) is 8.52. The molecule has 1 heterocycles. The number of nitrogens with one attached hydrogen (secondary N) is 1. The molecule has 1 amide bonds. The van der Waals surface area contributed by atoms with Crippen LogP contribution in [-0.2, 0) is 11.2 Å². The number of hydrogen-bond donors (Lipinski definition) is 2. The Bertz CT molecular complexity index is 337. The molecule has 1 aliphatic rings. The summed E-state index contributed by atoms with van der Waals surface area (Å²) in [6.07, 6.45) is 1.21. The van der Waals surface area contributed by atoms with Gasteiger partial charge in [0.15, 0.2) is 0 Å². The Kier molecular flexibility index (Phi) is 3.02. The van der Waals surface area contributed by atoms with E-state index in [1.54, 1.807) is 0 Å². The van der Waals surface area contributed by atoms with Gasteiger partial charge in [0.25, 0.3) is 0 Å². The molecule has 0 saturated carbocycles. The van der Waals surface area contributed by atoms with Gasteiger partial charge in [-0.15, -0.1) is 0 Å². The molecule has 2 N–H and O–H groups in total. The number of carbonyl (C=O) groups is 1. The molecule has 2 atom stereocenters. The molecule has 0 aromatic heterocycles. The first-order valence-electron chi connectivity index (χ1n) is 5.25. The Morgan fingerprint density at radius 3 is 2.73 bits per heavy atom. The van der Waals surface area contributed by atoms with Crippen molar-refractivity contribution in [1.82, 2.24) is 5.32 Å². The summed E-state index contributed by atoms with van der Waals surface area (Å²) in [6, 6.07) is 10.1. The third kappa shape index (κ3) is 2.80. The summed E-state index contributed by atoms with van der Waals surface area (Å²) < 4.78 is 0. The van der Waals surface area contributed by atoms with Gasteiger partial charge in [0.1, 0.15) is 0 Å². The molecule has 0 unspecified atom stereocenters. The average molecular weight is 205 g/mol. The summed E-state index contributed by atoms with van der Waals surface area (Å²) in [5.74, 6) is -0.0466. The van der Waals surface area contributed by atoms with Crippen molar-refractivity contribution in [3.63, 3.8) is 0 Å². The Hall–Kier alpha value is -1.35. The second kappa shape index (κ2) is 4.45. The fourth-order valence-corrected chi connectivity index (χ4v) is 2.00. The molecule has 1 fully saturated rings. The number of aliphatic hydroxyl groups excluding tert-OH is 1. The van der Waals surface area contributed by atoms with Crippen LogP contribution in [0, 0.1) is 0 Å². The average Bonchev–Trinajstić information content (AvgIpc) is 2.17. The van der Waals surface area contributed by atoms with E-state index >= 15 is 0 Å². The van der Waals surface area contributed by atoms with Crippen molar-refractivity contribution < 1.29 is 9.90 Å². The standard InChI is InChI=1S/C12H15NO2/c14-11-7-10(13-12(15)8-11)6-9-4-2-1-3-5-9/h1-5,10-11,14H,6-8H2,(H,13,15)/t10-,11+/m0/s1. The number of hydrogen-bond acceptors (Lipinski definition) is 2. The van der Waals surface area contributed by atoms with E-state index in [-0.39, 0.29) is 18.4 Å². The van der Waals surface area contributed by atoms with Gasteiger partial charge in [-0.3, -0.25) is 4.79 Å². The molecule has 0 bridgehead atoms. The maximum atomic E-state index is 11.2. The lowest BCUT2D eigenvalue weighted by molar-refractivity contribution is -0.126. The van der Waals surface area contributed by atoms with Crippen LogP contribution in [0.3, 0.4) is 0 Å². The van der Waals surface area contributed by atoms with Crippen LogP contribution in [0.5, 0.6) is 0 Å². The fourth-order valence-electron chi connectivity index (χ4n) is 2.00. The van der Waals surface area contributed by atoms with E-state index in [9.17, 15) is 9.90 Å². The van der Waals surface area contributed by atoms with Crippen LogP contribution >= 0.6 is 0 Å². The lowest BCUT2D eigenvalue weighted by atomic mass is 9.95. The lowest BCUT2D eigenvalue weighted by Crippen LogP contribution is -2.45. The smallest absolute Gasteiger partial charge is 0.222 e. The van der Waals surface area contributed by atoms with Crippen molar-refractivity contribution in [3.8, 4) is 0 Å². The van der Waals surface area contributed by atoms with Crippen LogP contribution < -0.4 is 5.32 Å². The molecule has 0 radical (unpaired) electrons. The molecule has 1 aromatic rings. The minimum Gasteiger partial charge on any atom is -0.393 e. The van der Waals surface area contributed by atoms with Gasteiger partial charge in [0, 0.05) is 6.04 Å². The highest BCUT2D eigenvalue weighted by Crippen LogP contribution is 2.13. The number of amides is 1. The third-order valence-electron chi connectivity index (χ3n) is 2.67. The molecular formula is C12H15NO2. The number of rotatable bonds is 2. The summed E-state index contributed by atoms with van der Waals surface area (Å²) in [5, 5.41) is 12.4. The summed E-state index contributed by atoms with van der Waals surface area (Å²) in [7, 11) is 0. The van der Waals surface area contributed by atoms with Crippen LogP contribution in [-0.4, -0.2) is 23.2 Å². The van der Waals surface area contributed by atoms with E-state index in [1.165, 1.54) is 5.56 Å². The van der Waals surface area contributed by atoms with E-state index in [2.05, 4.69) is 5.32 Å². The van der Waals surface area contributed by atoms with Crippen molar-refractivity contribution >= 4 is 5.91 Å². The minimum atomic E-state index is -0.479. The van der Waals surface area contributed by atoms with Crippen molar-refractivity contribution in [2.75, 3.05) is 0 Å². The summed E-state index contributed by atoms with van der Waals surface area (Å²) in [6.45, 7) is 0. The first kappa shape index (κ1) is 10.2. The molecule has 1 saturated heterocycles. The molecule has 15 heavy (non-hydrogen) atoms. The zero-order valence-corrected chi connectivity index (χ0v) is 8.52. The molecule has 0 spiro atoms. The maximum Gasteiger partial charge on any atom is 0.222 e. The Labute approximate surface area is 89.1 Å². The second-order valence-electron chi connectivity index (χ2n) is 4.05. The highest BCUT2D eigenvalue weighted by atomic mass is 16.3. The van der Waals surface area contributed by atoms with Crippen LogP contribution in [0.1, 0.15) is 18.4 Å². The normalized spacial score (nSPS) is 26.1. The van der Waals surface area contributed by atoms with Crippen LogP contribution in [0.25, 0.3) is 0 Å². The largest absolute Gasteiger partial charge is 0.393 e. The molecule has 3 heteroatoms. The molecular weight excluding hydrogens is 190 g/mol. The molecule has 80 valence electrons. The van der Waals surface area contributed by atoms with Crippen molar-refractivity contribution in [2.45, 2.75) is 31.4 Å². The first-order valence-corrected chi connectivity index (χ1v) is 5.25. The number of aliphatic hydroxyl groups is 1. The molecule has 0 aliphatic carbocycles. The predicted octanol–water partition coefficient (Wildman–Crippen LogP) is 0.869. The zero-order chi connectivity index (χ0) is 10.7. The van der Waals surface area contributed by atoms with E-state index in [0.717, 1.165) is 6.42 Å². The Morgan fingerprint density at radius 1 is 1.33 bits per heavy atom. The fraction of sp³-hybridized carbons (Fsp3) is 0.417. The van der Waals surface area contributed by atoms with Crippen molar-refractivity contribution in [3.05, 3.63) is 35.9 Å². The van der Waals surface area contributed by atoms with Gasteiger partial charge >= 0.3 is 0 Å². The van der Waals surface area contributed by atoms with E-state index in [0.29, 0.717) is 6.42 Å². The Morgan fingerprint density at radius 2 is 2.07 bits per heavy atom. The molecule has 1 aromatic carbocycles. The number of carbonyl (C=O) groups excluding carboxylic acids is 1. The van der Waals surface area contributed by atoms with Crippen molar-refractivity contribution in [2.24, 2.45) is 0 Å². The van der Waals surface area contributed by atoms with E-state index < -0.39 is 6.10 Å². The highest BCUT2D eigenvalue weighted by Gasteiger charge is 2.24. The SMILES string of the molecule is O=C1C[C@H](O)C[C@H](Cc2ccccc2)N1. The maximum absolute atomic E-state index is 11.2. The van der Waals surface area contributed by atoms with Gasteiger partial charge in [0.2, 0.25) is 5.91 Å². The van der Waals surface area contributed by atoms with E-state index in [1.807, 2.05) is 30.3 Å². The molecule has 1 aliphatic heterocycles. The summed E-state index contributed by atoms with van der Waals surface area (Å²) in [4.78, 5) is 11.2. The monoisotopic (exact) mass is 205 g/mol. The molecule has 2 rings (SSSR count). The van der Waals surface area contributed by atoms with Gasteiger partial charge in [-0.1, -0.05) is 30.3 Å². The van der Waals surface area contributed by atoms with Gasteiger partial charge in [-0.05, 0) is 18.4 Å². The topological polar surface area (TPSA) is 49.3 Å². The van der Waals surface area contributed by atoms with Crippen LogP contribution in [0.2, 0.25) is 0 Å². The van der Waals surface area contributed by atoms with Gasteiger partial charge in [-0.2, -0.15) is 0 Å². The summed E-state index contributed by atoms with van der Waals surface area (Å²) in [5.41, 5.74) is 1.19. The second-order valence-corrected chi connectivity index (χ2v) is 4.05. The number of piperidine rings is 1. The highest BCUT2D eigenvalue weighted by molar-refractivity contribution is 5.77. The summed E-state index contributed by atoms with van der Waals surface area (Å²) >= 11 is 0. The van der Waals surface area contributed by atoms with Crippen LogP contribution in [0.15, 0.2) is 30.3 Å². The van der Waals surface area contributed by atoms with Gasteiger partial charge in [0.05, 0.1) is 12.5 Å². The first-order chi connectivity index (χ1) is 7.24. The molecule has 3 nitrogen and oxygen atoms in total. The van der Waals surface area contributed by atoms with Gasteiger partial charge in [-0.25, -0.2) is 0 Å². The lowest BCUT2D eigenvalue weighted by Gasteiger charge is -2.26. The minimum absolute atomic E-state index is 0.0466. The number of benzene rings is 1. The van der Waals surface area contributed by atoms with E-state index in [4.69, 9.17) is 0 Å². The van der Waals surface area contributed by atoms with Crippen LogP contribution in [0.4, 0.5) is 0 Å². The predicted molar refractivity (Wildman–Crippen MR) is 57.3 cm³/mol.